The number of aliphatic imine (C=N–C) groups is 1. The van der Waals surface area contributed by atoms with Crippen molar-refractivity contribution in [3.05, 3.63) is 51.0 Å². The first kappa shape index (κ1) is 11.4. The van der Waals surface area contributed by atoms with E-state index < -0.39 is 0 Å². The summed E-state index contributed by atoms with van der Waals surface area (Å²) in [5, 5.41) is 0. The topological polar surface area (TPSA) is 25.5 Å². The van der Waals surface area contributed by atoms with Crippen LogP contribution in [0.5, 0.6) is 0 Å². The molecular weight excluding hydrogens is 313 g/mol. The molecule has 0 unspecified atom stereocenters. The minimum atomic E-state index is 0.909. The first-order valence-corrected chi connectivity index (χ1v) is 6.10. The quantitative estimate of drug-likeness (QED) is 0.599. The fourth-order valence-electron chi connectivity index (χ4n) is 1.47. The molecule has 1 heterocycles. The molecular formula is C13H12INO. The molecule has 2 nitrogen and oxygen atoms in total. The number of para-hydroxylation sites is 1. The maximum atomic E-state index is 5.44. The molecule has 0 aliphatic carbocycles. The van der Waals surface area contributed by atoms with E-state index in [1.54, 1.807) is 0 Å². The molecule has 0 aliphatic rings. The Morgan fingerprint density at radius 1 is 1.25 bits per heavy atom. The number of benzene rings is 1. The van der Waals surface area contributed by atoms with Gasteiger partial charge in [0, 0.05) is 15.3 Å². The summed E-state index contributed by atoms with van der Waals surface area (Å²) >= 11 is 2.28. The van der Waals surface area contributed by atoms with E-state index in [1.165, 1.54) is 0 Å². The SMILES string of the molecule is Cc1cc(C=Nc2ccccc2I)c(C)o1. The van der Waals surface area contributed by atoms with E-state index in [9.17, 15) is 0 Å². The van der Waals surface area contributed by atoms with Gasteiger partial charge in [0.25, 0.3) is 0 Å². The van der Waals surface area contributed by atoms with E-state index in [4.69, 9.17) is 4.42 Å². The highest BCUT2D eigenvalue weighted by Crippen LogP contribution is 2.21. The van der Waals surface area contributed by atoms with E-state index in [0.717, 1.165) is 26.3 Å². The largest absolute Gasteiger partial charge is 0.466 e. The van der Waals surface area contributed by atoms with Crippen molar-refractivity contribution in [1.82, 2.24) is 0 Å². The molecule has 0 fully saturated rings. The summed E-state index contributed by atoms with van der Waals surface area (Å²) in [6.07, 6.45) is 1.85. The van der Waals surface area contributed by atoms with Gasteiger partial charge in [-0.2, -0.15) is 0 Å². The van der Waals surface area contributed by atoms with Crippen LogP contribution in [0.3, 0.4) is 0 Å². The van der Waals surface area contributed by atoms with Crippen LogP contribution in [-0.2, 0) is 0 Å². The maximum absolute atomic E-state index is 5.44. The molecule has 0 spiro atoms. The molecule has 16 heavy (non-hydrogen) atoms. The number of furan rings is 1. The van der Waals surface area contributed by atoms with Crippen LogP contribution < -0.4 is 0 Å². The van der Waals surface area contributed by atoms with E-state index >= 15 is 0 Å². The van der Waals surface area contributed by atoms with Crippen LogP contribution in [0.2, 0.25) is 0 Å². The summed E-state index contributed by atoms with van der Waals surface area (Å²) in [6.45, 7) is 3.89. The molecule has 2 aromatic rings. The van der Waals surface area contributed by atoms with Gasteiger partial charge in [-0.1, -0.05) is 12.1 Å². The molecule has 0 saturated carbocycles. The monoisotopic (exact) mass is 325 g/mol. The molecule has 1 aromatic heterocycles. The maximum Gasteiger partial charge on any atom is 0.109 e. The average molecular weight is 325 g/mol. The number of nitrogens with zero attached hydrogens (tertiary/aromatic N) is 1. The van der Waals surface area contributed by atoms with Crippen molar-refractivity contribution in [3.63, 3.8) is 0 Å². The molecule has 0 radical (unpaired) electrons. The van der Waals surface area contributed by atoms with Crippen LogP contribution in [-0.4, -0.2) is 6.21 Å². The third kappa shape index (κ3) is 2.52. The van der Waals surface area contributed by atoms with Gasteiger partial charge in [0.05, 0.1) is 5.69 Å². The van der Waals surface area contributed by atoms with Crippen molar-refractivity contribution < 1.29 is 4.42 Å². The van der Waals surface area contributed by atoms with E-state index in [-0.39, 0.29) is 0 Å². The van der Waals surface area contributed by atoms with Crippen LogP contribution >= 0.6 is 22.6 Å². The lowest BCUT2D eigenvalue weighted by molar-refractivity contribution is 0.504. The van der Waals surface area contributed by atoms with Crippen molar-refractivity contribution in [3.8, 4) is 0 Å². The lowest BCUT2D eigenvalue weighted by atomic mass is 10.2. The van der Waals surface area contributed by atoms with Gasteiger partial charge in [0.15, 0.2) is 0 Å². The number of aryl methyl sites for hydroxylation is 2. The number of rotatable bonds is 2. The van der Waals surface area contributed by atoms with Crippen LogP contribution in [0.1, 0.15) is 17.1 Å². The summed E-state index contributed by atoms with van der Waals surface area (Å²) in [7, 11) is 0. The lowest BCUT2D eigenvalue weighted by Crippen LogP contribution is -1.80. The fourth-order valence-corrected chi connectivity index (χ4v) is 2.00. The molecule has 2 rings (SSSR count). The van der Waals surface area contributed by atoms with Crippen molar-refractivity contribution in [2.24, 2.45) is 4.99 Å². The summed E-state index contributed by atoms with van der Waals surface area (Å²) in [5.74, 6) is 1.83. The Kier molecular flexibility index (Phi) is 3.43. The predicted molar refractivity (Wildman–Crippen MR) is 74.6 cm³/mol. The van der Waals surface area contributed by atoms with Crippen LogP contribution in [0.15, 0.2) is 39.7 Å². The lowest BCUT2D eigenvalue weighted by Gasteiger charge is -1.95. The van der Waals surface area contributed by atoms with Crippen molar-refractivity contribution in [1.29, 1.82) is 0 Å². The zero-order valence-corrected chi connectivity index (χ0v) is 11.4. The molecule has 0 saturated heterocycles. The van der Waals surface area contributed by atoms with E-state index in [1.807, 2.05) is 50.4 Å². The smallest absolute Gasteiger partial charge is 0.109 e. The zero-order valence-electron chi connectivity index (χ0n) is 9.20. The van der Waals surface area contributed by atoms with Gasteiger partial charge in [-0.3, -0.25) is 4.99 Å². The molecule has 3 heteroatoms. The minimum absolute atomic E-state index is 0.909. The second-order valence-corrected chi connectivity index (χ2v) is 4.74. The molecule has 1 aromatic carbocycles. The number of hydrogen-bond donors (Lipinski definition) is 0. The third-order valence-electron chi connectivity index (χ3n) is 2.27. The average Bonchev–Trinajstić information content (AvgIpc) is 2.56. The van der Waals surface area contributed by atoms with Crippen LogP contribution in [0.25, 0.3) is 0 Å². The minimum Gasteiger partial charge on any atom is -0.466 e. The zero-order chi connectivity index (χ0) is 11.5. The second-order valence-electron chi connectivity index (χ2n) is 3.58. The molecule has 0 amide bonds. The van der Waals surface area contributed by atoms with Crippen molar-refractivity contribution in [2.75, 3.05) is 0 Å². The standard InChI is InChI=1S/C13H12INO/c1-9-7-11(10(2)16-9)8-15-13-6-4-3-5-12(13)14/h3-8H,1-2H3. The Hall–Kier alpha value is -1.10. The summed E-state index contributed by atoms with van der Waals surface area (Å²) in [5.41, 5.74) is 2.03. The van der Waals surface area contributed by atoms with E-state index in [0.29, 0.717) is 0 Å². The fraction of sp³-hybridized carbons (Fsp3) is 0.154. The van der Waals surface area contributed by atoms with Gasteiger partial charge in [0.2, 0.25) is 0 Å². The number of hydrogen-bond acceptors (Lipinski definition) is 2. The predicted octanol–water partition coefficient (Wildman–Crippen LogP) is 4.25. The van der Waals surface area contributed by atoms with Crippen molar-refractivity contribution in [2.45, 2.75) is 13.8 Å². The van der Waals surface area contributed by atoms with Crippen LogP contribution in [0.4, 0.5) is 5.69 Å². The molecule has 0 aliphatic heterocycles. The highest BCUT2D eigenvalue weighted by atomic mass is 127. The molecule has 82 valence electrons. The Balaban J connectivity index is 2.28. The Morgan fingerprint density at radius 2 is 2.00 bits per heavy atom. The Morgan fingerprint density at radius 3 is 2.62 bits per heavy atom. The normalized spacial score (nSPS) is 11.2. The summed E-state index contributed by atoms with van der Waals surface area (Å²) < 4.78 is 6.59. The first-order valence-electron chi connectivity index (χ1n) is 5.02. The second kappa shape index (κ2) is 4.82. The Bertz CT molecular complexity index is 528. The van der Waals surface area contributed by atoms with Gasteiger partial charge in [0.1, 0.15) is 11.5 Å². The summed E-state index contributed by atoms with van der Waals surface area (Å²) in [4.78, 5) is 4.46. The third-order valence-corrected chi connectivity index (χ3v) is 3.19. The Labute approximate surface area is 109 Å². The number of halogens is 1. The van der Waals surface area contributed by atoms with Crippen molar-refractivity contribution >= 4 is 34.5 Å². The van der Waals surface area contributed by atoms with Gasteiger partial charge >= 0.3 is 0 Å². The van der Waals surface area contributed by atoms with Crippen LogP contribution in [0, 0.1) is 17.4 Å². The highest BCUT2D eigenvalue weighted by molar-refractivity contribution is 14.1. The molecule has 0 bridgehead atoms. The van der Waals surface area contributed by atoms with Gasteiger partial charge < -0.3 is 4.42 Å². The molecule has 0 N–H and O–H groups in total. The highest BCUT2D eigenvalue weighted by Gasteiger charge is 2.01. The van der Waals surface area contributed by atoms with Gasteiger partial charge in [-0.15, -0.1) is 0 Å². The molecule has 0 atom stereocenters. The van der Waals surface area contributed by atoms with E-state index in [2.05, 4.69) is 27.6 Å². The van der Waals surface area contributed by atoms with Gasteiger partial charge in [-0.05, 0) is 54.6 Å². The summed E-state index contributed by atoms with van der Waals surface area (Å²) in [6, 6.07) is 10.0. The first-order chi connectivity index (χ1) is 7.66. The van der Waals surface area contributed by atoms with Gasteiger partial charge in [-0.25, -0.2) is 0 Å².